The van der Waals surface area contributed by atoms with Gasteiger partial charge in [0.05, 0.1) is 7.11 Å². The molecule has 0 heterocycles. The lowest BCUT2D eigenvalue weighted by Gasteiger charge is -2.14. The van der Waals surface area contributed by atoms with Gasteiger partial charge in [-0.3, -0.25) is 0 Å². The molecule has 0 N–H and O–H groups in total. The van der Waals surface area contributed by atoms with Gasteiger partial charge in [-0.05, 0) is 42.9 Å². The minimum absolute atomic E-state index is 0.603. The van der Waals surface area contributed by atoms with Crippen LogP contribution in [0.4, 0.5) is 0 Å². The van der Waals surface area contributed by atoms with Crippen molar-refractivity contribution in [3.63, 3.8) is 0 Å². The van der Waals surface area contributed by atoms with Crippen molar-refractivity contribution in [2.45, 2.75) is 19.3 Å². The molecule has 0 saturated heterocycles. The Morgan fingerprint density at radius 3 is 2.40 bits per heavy atom. The van der Waals surface area contributed by atoms with Crippen LogP contribution in [0, 0.1) is 5.92 Å². The van der Waals surface area contributed by atoms with Crippen molar-refractivity contribution in [2.75, 3.05) is 39.4 Å². The van der Waals surface area contributed by atoms with E-state index in [4.69, 9.17) is 14.2 Å². The molecule has 1 atom stereocenters. The van der Waals surface area contributed by atoms with E-state index in [1.54, 1.807) is 14.2 Å². The van der Waals surface area contributed by atoms with Crippen molar-refractivity contribution in [3.8, 4) is 5.75 Å². The molecule has 1 unspecified atom stereocenters. The van der Waals surface area contributed by atoms with Gasteiger partial charge in [-0.2, -0.15) is 0 Å². The van der Waals surface area contributed by atoms with E-state index in [0.717, 1.165) is 50.2 Å². The number of ether oxygens (including phenoxy) is 3. The Hall–Kier alpha value is -0.580. The fourth-order valence-corrected chi connectivity index (χ4v) is 2.54. The average Bonchev–Trinajstić information content (AvgIpc) is 2.50. The van der Waals surface area contributed by atoms with Crippen molar-refractivity contribution in [1.82, 2.24) is 0 Å². The first-order valence-corrected chi connectivity index (χ1v) is 8.18. The van der Waals surface area contributed by atoms with Gasteiger partial charge >= 0.3 is 0 Å². The number of methoxy groups -OCH3 is 2. The van der Waals surface area contributed by atoms with Gasteiger partial charge in [0, 0.05) is 32.3 Å². The number of hydrogen-bond donors (Lipinski definition) is 0. The van der Waals surface area contributed by atoms with E-state index in [1.807, 2.05) is 12.1 Å². The third kappa shape index (κ3) is 7.27. The molecule has 3 nitrogen and oxygen atoms in total. The molecule has 0 bridgehead atoms. The molecular formula is C16H25BrO3. The minimum Gasteiger partial charge on any atom is -0.497 e. The van der Waals surface area contributed by atoms with Crippen LogP contribution in [0.15, 0.2) is 24.3 Å². The lowest BCUT2D eigenvalue weighted by atomic mass is 9.98. The molecule has 0 aliphatic heterocycles. The SMILES string of the molecule is COCCCOCCC(CBr)Cc1ccc(OC)cc1. The Morgan fingerprint density at radius 2 is 1.80 bits per heavy atom. The van der Waals surface area contributed by atoms with Crippen LogP contribution in [0.5, 0.6) is 5.75 Å². The quantitative estimate of drug-likeness (QED) is 0.452. The number of rotatable bonds is 11. The second-order valence-corrected chi connectivity index (χ2v) is 5.47. The zero-order valence-electron chi connectivity index (χ0n) is 12.4. The van der Waals surface area contributed by atoms with E-state index in [0.29, 0.717) is 5.92 Å². The molecule has 1 aromatic carbocycles. The van der Waals surface area contributed by atoms with Gasteiger partial charge in [-0.1, -0.05) is 28.1 Å². The molecule has 0 radical (unpaired) electrons. The van der Waals surface area contributed by atoms with Gasteiger partial charge in [0.15, 0.2) is 0 Å². The molecule has 0 fully saturated rings. The van der Waals surface area contributed by atoms with E-state index >= 15 is 0 Å². The molecule has 0 amide bonds. The Labute approximate surface area is 130 Å². The molecule has 1 aromatic rings. The van der Waals surface area contributed by atoms with E-state index in [9.17, 15) is 0 Å². The fraction of sp³-hybridized carbons (Fsp3) is 0.625. The second-order valence-electron chi connectivity index (χ2n) is 4.82. The molecule has 4 heteroatoms. The van der Waals surface area contributed by atoms with Gasteiger partial charge in [0.2, 0.25) is 0 Å². The number of benzene rings is 1. The monoisotopic (exact) mass is 344 g/mol. The lowest BCUT2D eigenvalue weighted by Crippen LogP contribution is -2.11. The van der Waals surface area contributed by atoms with Gasteiger partial charge in [-0.15, -0.1) is 0 Å². The maximum atomic E-state index is 5.62. The van der Waals surface area contributed by atoms with Crippen LogP contribution in [-0.2, 0) is 15.9 Å². The molecule has 114 valence electrons. The number of halogens is 1. The normalized spacial score (nSPS) is 12.3. The second kappa shape index (κ2) is 11.1. The van der Waals surface area contributed by atoms with Gasteiger partial charge in [-0.25, -0.2) is 0 Å². The van der Waals surface area contributed by atoms with Crippen LogP contribution in [0.25, 0.3) is 0 Å². The number of alkyl halides is 1. The van der Waals surface area contributed by atoms with E-state index in [-0.39, 0.29) is 0 Å². The van der Waals surface area contributed by atoms with Crippen molar-refractivity contribution in [2.24, 2.45) is 5.92 Å². The third-order valence-electron chi connectivity index (χ3n) is 3.21. The lowest BCUT2D eigenvalue weighted by molar-refractivity contribution is 0.0953. The van der Waals surface area contributed by atoms with Crippen LogP contribution < -0.4 is 4.74 Å². The fourth-order valence-electron chi connectivity index (χ4n) is 1.99. The maximum absolute atomic E-state index is 5.62. The molecule has 0 saturated carbocycles. The largest absolute Gasteiger partial charge is 0.497 e. The molecule has 1 rings (SSSR count). The molecular weight excluding hydrogens is 320 g/mol. The summed E-state index contributed by atoms with van der Waals surface area (Å²) in [7, 11) is 3.41. The molecule has 20 heavy (non-hydrogen) atoms. The van der Waals surface area contributed by atoms with Crippen LogP contribution in [0.2, 0.25) is 0 Å². The number of hydrogen-bond acceptors (Lipinski definition) is 3. The summed E-state index contributed by atoms with van der Waals surface area (Å²) in [4.78, 5) is 0. The molecule has 0 aromatic heterocycles. The summed E-state index contributed by atoms with van der Waals surface area (Å²) < 4.78 is 15.8. The highest BCUT2D eigenvalue weighted by atomic mass is 79.9. The smallest absolute Gasteiger partial charge is 0.118 e. The predicted octanol–water partition coefficient (Wildman–Crippen LogP) is 3.69. The van der Waals surface area contributed by atoms with Gasteiger partial charge in [0.25, 0.3) is 0 Å². The zero-order chi connectivity index (χ0) is 14.6. The first-order valence-electron chi connectivity index (χ1n) is 7.05. The van der Waals surface area contributed by atoms with Crippen molar-refractivity contribution in [1.29, 1.82) is 0 Å². The Morgan fingerprint density at radius 1 is 1.05 bits per heavy atom. The first kappa shape index (κ1) is 17.5. The van der Waals surface area contributed by atoms with E-state index < -0.39 is 0 Å². The van der Waals surface area contributed by atoms with Crippen molar-refractivity contribution < 1.29 is 14.2 Å². The summed E-state index contributed by atoms with van der Waals surface area (Å²) in [5.41, 5.74) is 1.34. The van der Waals surface area contributed by atoms with Crippen LogP contribution in [0.1, 0.15) is 18.4 Å². The molecule has 0 aliphatic carbocycles. The third-order valence-corrected chi connectivity index (χ3v) is 4.12. The highest BCUT2D eigenvalue weighted by Gasteiger charge is 2.08. The Bertz CT molecular complexity index is 340. The first-order chi connectivity index (χ1) is 9.80. The highest BCUT2D eigenvalue weighted by molar-refractivity contribution is 9.09. The predicted molar refractivity (Wildman–Crippen MR) is 85.9 cm³/mol. The summed E-state index contributed by atoms with van der Waals surface area (Å²) in [6.07, 6.45) is 3.11. The Balaban J connectivity index is 2.24. The summed E-state index contributed by atoms with van der Waals surface area (Å²) in [6.45, 7) is 2.37. The summed E-state index contributed by atoms with van der Waals surface area (Å²) >= 11 is 3.60. The summed E-state index contributed by atoms with van der Waals surface area (Å²) in [6, 6.07) is 8.30. The van der Waals surface area contributed by atoms with Crippen LogP contribution >= 0.6 is 15.9 Å². The van der Waals surface area contributed by atoms with Crippen LogP contribution in [0.3, 0.4) is 0 Å². The van der Waals surface area contributed by atoms with E-state index in [1.165, 1.54) is 5.56 Å². The topological polar surface area (TPSA) is 27.7 Å². The van der Waals surface area contributed by atoms with E-state index in [2.05, 4.69) is 28.1 Å². The Kier molecular flexibility index (Phi) is 9.71. The zero-order valence-corrected chi connectivity index (χ0v) is 14.0. The maximum Gasteiger partial charge on any atom is 0.118 e. The van der Waals surface area contributed by atoms with Crippen molar-refractivity contribution >= 4 is 15.9 Å². The van der Waals surface area contributed by atoms with Crippen molar-refractivity contribution in [3.05, 3.63) is 29.8 Å². The van der Waals surface area contributed by atoms with Gasteiger partial charge in [0.1, 0.15) is 5.75 Å². The average molecular weight is 345 g/mol. The highest BCUT2D eigenvalue weighted by Crippen LogP contribution is 2.18. The van der Waals surface area contributed by atoms with Gasteiger partial charge < -0.3 is 14.2 Å². The summed E-state index contributed by atoms with van der Waals surface area (Å²) in [5, 5.41) is 1.00. The summed E-state index contributed by atoms with van der Waals surface area (Å²) in [5.74, 6) is 1.51. The minimum atomic E-state index is 0.603. The molecule has 0 spiro atoms. The standard InChI is InChI=1S/C16H25BrO3/c1-18-9-3-10-20-11-8-15(13-17)12-14-4-6-16(19-2)7-5-14/h4-7,15H,3,8-13H2,1-2H3. The van der Waals surface area contributed by atoms with Crippen LogP contribution in [-0.4, -0.2) is 39.4 Å². The molecule has 0 aliphatic rings.